The second kappa shape index (κ2) is 2.41. The van der Waals surface area contributed by atoms with E-state index in [4.69, 9.17) is 0 Å². The summed E-state index contributed by atoms with van der Waals surface area (Å²) in [5.74, 6) is 0. The molecule has 0 unspecified atom stereocenters. The minimum absolute atomic E-state index is 0.682. The highest BCUT2D eigenvalue weighted by atomic mass is 29.1. The van der Waals surface area contributed by atoms with E-state index < -0.39 is 16.1 Å². The monoisotopic (exact) mass is 140 g/mol. The summed E-state index contributed by atoms with van der Waals surface area (Å²) in [5.41, 5.74) is 0. The van der Waals surface area contributed by atoms with Gasteiger partial charge < -0.3 is 17.0 Å². The second-order valence-corrected chi connectivity index (χ2v) is 1.79. The van der Waals surface area contributed by atoms with E-state index in [1.807, 2.05) is 0 Å². The molecular weight excluding hydrogens is 140 g/mol. The average molecular weight is 140 g/mol. The fourth-order valence-electron chi connectivity index (χ4n) is 0.0668. The third-order valence-electron chi connectivity index (χ3n) is 0.193. The molecule has 0 aliphatic rings. The van der Waals surface area contributed by atoms with Gasteiger partial charge in [0.2, 0.25) is 0 Å². The first-order valence-electron chi connectivity index (χ1n) is 1.34. The SMILES string of the molecule is F[B-](F)(F)[O+]=[Si][Si]. The molecule has 0 saturated heterocycles. The van der Waals surface area contributed by atoms with E-state index in [0.717, 1.165) is 0 Å². The lowest BCUT2D eigenvalue weighted by atomic mass is 10.3. The van der Waals surface area contributed by atoms with Crippen LogP contribution in [0.15, 0.2) is 0 Å². The van der Waals surface area contributed by atoms with E-state index in [-0.39, 0.29) is 0 Å². The van der Waals surface area contributed by atoms with Crippen LogP contribution in [0.2, 0.25) is 0 Å². The van der Waals surface area contributed by atoms with Crippen LogP contribution < -0.4 is 0 Å². The molecule has 0 aromatic rings. The quantitative estimate of drug-likeness (QED) is 0.358. The van der Waals surface area contributed by atoms with E-state index in [9.17, 15) is 12.9 Å². The van der Waals surface area contributed by atoms with Gasteiger partial charge in [-0.3, -0.25) is 0 Å². The Morgan fingerprint density at radius 3 is 1.86 bits per heavy atom. The van der Waals surface area contributed by atoms with Gasteiger partial charge in [0, 0.05) is 0 Å². The van der Waals surface area contributed by atoms with Crippen molar-refractivity contribution in [2.45, 2.75) is 0 Å². The van der Waals surface area contributed by atoms with E-state index >= 15 is 0 Å². The fraction of sp³-hybridized carbons (Fsp3) is 0. The molecule has 0 N–H and O–H groups in total. The summed E-state index contributed by atoms with van der Waals surface area (Å²) < 4.78 is 35.8. The largest absolute Gasteiger partial charge is 0.941 e. The molecule has 0 saturated carbocycles. The van der Waals surface area contributed by atoms with Gasteiger partial charge >= 0.3 is 16.1 Å². The highest BCUT2D eigenvalue weighted by molar-refractivity contribution is 6.82. The second-order valence-electron chi connectivity index (χ2n) is 0.735. The molecule has 0 fully saturated rings. The lowest BCUT2D eigenvalue weighted by molar-refractivity contribution is 0.175. The summed E-state index contributed by atoms with van der Waals surface area (Å²) >= 11 is 0. The summed E-state index contributed by atoms with van der Waals surface area (Å²) in [6, 6.07) is 0. The maximum Gasteiger partial charge on any atom is 0.941 e. The molecule has 0 spiro atoms. The maximum atomic E-state index is 10.9. The molecule has 0 rings (SSSR count). The van der Waals surface area contributed by atoms with Gasteiger partial charge in [0.1, 0.15) is 0 Å². The highest BCUT2D eigenvalue weighted by Gasteiger charge is 2.41. The Morgan fingerprint density at radius 2 is 1.86 bits per heavy atom. The summed E-state index contributed by atoms with van der Waals surface area (Å²) in [6.45, 7) is 0. The molecule has 0 aromatic carbocycles. The van der Waals surface area contributed by atoms with Crippen LogP contribution in [0.1, 0.15) is 0 Å². The maximum absolute atomic E-state index is 10.9. The number of hydrogen-bond donors (Lipinski definition) is 0. The summed E-state index contributed by atoms with van der Waals surface area (Å²) in [7, 11) is -3.18. The molecule has 7 heavy (non-hydrogen) atoms. The Balaban J connectivity index is 3.56. The van der Waals surface area contributed by atoms with Gasteiger partial charge in [0.15, 0.2) is 9.76 Å². The Bertz CT molecular complexity index is 75.5. The molecule has 0 heterocycles. The molecule has 7 heteroatoms. The topological polar surface area (TPSA) is 11.3 Å². The van der Waals surface area contributed by atoms with Crippen LogP contribution >= 0.6 is 0 Å². The van der Waals surface area contributed by atoms with Crippen LogP contribution in [0.4, 0.5) is 12.9 Å². The molecular formula is BF3OSi2. The third-order valence-corrected chi connectivity index (χ3v) is 0.931. The van der Waals surface area contributed by atoms with Crippen molar-refractivity contribution in [3.05, 3.63) is 0 Å². The molecule has 0 amide bonds. The Kier molecular flexibility index (Phi) is 2.44. The van der Waals surface area contributed by atoms with Crippen LogP contribution in [-0.4, -0.2) is 25.9 Å². The average Bonchev–Trinajstić information content (AvgIpc) is 1.30. The van der Waals surface area contributed by atoms with Crippen molar-refractivity contribution < 1.29 is 17.0 Å². The number of halogens is 3. The van der Waals surface area contributed by atoms with Gasteiger partial charge in [0.05, 0.1) is 0 Å². The summed E-state index contributed by atoms with van der Waals surface area (Å²) in [4.78, 5) is 0. The summed E-state index contributed by atoms with van der Waals surface area (Å²) in [5, 5.41) is 0. The lowest BCUT2D eigenvalue weighted by Gasteiger charge is -1.91. The van der Waals surface area contributed by atoms with Crippen LogP contribution in [0.25, 0.3) is 0 Å². The van der Waals surface area contributed by atoms with Crippen molar-refractivity contribution in [2.75, 3.05) is 0 Å². The Labute approximate surface area is 43.8 Å². The van der Waals surface area contributed by atoms with Crippen molar-refractivity contribution >= 4 is 25.9 Å². The lowest BCUT2D eigenvalue weighted by Crippen LogP contribution is -2.16. The standard InChI is InChI=1S/BF3OSi2/c2-1(3,4)5-7-6. The first-order chi connectivity index (χ1) is 3.06. The zero-order valence-electron chi connectivity index (χ0n) is 3.12. The van der Waals surface area contributed by atoms with Crippen LogP contribution in [0.5, 0.6) is 0 Å². The summed E-state index contributed by atoms with van der Waals surface area (Å²) in [6.07, 6.45) is 0. The van der Waals surface area contributed by atoms with Crippen molar-refractivity contribution in [1.82, 2.24) is 0 Å². The smallest absolute Gasteiger partial charge is 0.587 e. The van der Waals surface area contributed by atoms with E-state index in [2.05, 4.69) is 13.8 Å². The predicted octanol–water partition coefficient (Wildman–Crippen LogP) is -0.000600. The van der Waals surface area contributed by atoms with Gasteiger partial charge in [-0.15, -0.1) is 0 Å². The van der Waals surface area contributed by atoms with E-state index in [1.54, 1.807) is 0 Å². The highest BCUT2D eigenvalue weighted by Crippen LogP contribution is 2.02. The van der Waals surface area contributed by atoms with Crippen molar-refractivity contribution in [3.8, 4) is 0 Å². The van der Waals surface area contributed by atoms with Gasteiger partial charge in [-0.2, -0.15) is 0 Å². The molecule has 0 aliphatic carbocycles. The van der Waals surface area contributed by atoms with Gasteiger partial charge in [-0.25, -0.2) is 0 Å². The predicted molar refractivity (Wildman–Crippen MR) is 21.3 cm³/mol. The fourth-order valence-corrected chi connectivity index (χ4v) is 0.601. The zero-order valence-corrected chi connectivity index (χ0v) is 5.12. The van der Waals surface area contributed by atoms with Crippen molar-refractivity contribution in [2.24, 2.45) is 0 Å². The van der Waals surface area contributed by atoms with Gasteiger partial charge in [0.25, 0.3) is 0 Å². The van der Waals surface area contributed by atoms with Crippen molar-refractivity contribution in [3.63, 3.8) is 0 Å². The number of rotatable bonds is 1. The molecule has 0 aliphatic heterocycles. The minimum atomic E-state index is -5.03. The van der Waals surface area contributed by atoms with E-state index in [1.165, 1.54) is 0 Å². The molecule has 0 atom stereocenters. The molecule has 1 nitrogen and oxygen atoms in total. The van der Waals surface area contributed by atoms with Crippen LogP contribution in [0.3, 0.4) is 0 Å². The molecule has 0 aromatic heterocycles. The molecule has 0 bridgehead atoms. The Morgan fingerprint density at radius 1 is 1.43 bits per heavy atom. The van der Waals surface area contributed by atoms with Crippen molar-refractivity contribution in [1.29, 1.82) is 0 Å². The third kappa shape index (κ3) is 6.09. The molecule has 4 radical (unpaired) electrons. The minimum Gasteiger partial charge on any atom is -0.587 e. The van der Waals surface area contributed by atoms with Crippen LogP contribution in [0, 0.1) is 0 Å². The van der Waals surface area contributed by atoms with Gasteiger partial charge in [-0.05, 0) is 0 Å². The van der Waals surface area contributed by atoms with Gasteiger partial charge in [-0.1, -0.05) is 0 Å². The first kappa shape index (κ1) is 7.09. The first-order valence-corrected chi connectivity index (χ1v) is 3.75. The van der Waals surface area contributed by atoms with E-state index in [0.29, 0.717) is 0 Å². The normalized spacial score (nSPS) is 13.1. The number of hydrogen-bond acceptors (Lipinski definition) is 0. The Hall–Kier alpha value is 0.0887. The molecule has 38 valence electrons. The zero-order chi connectivity index (χ0) is 5.91. The van der Waals surface area contributed by atoms with Crippen LogP contribution in [-0.2, 0) is 4.01 Å².